The normalized spacial score (nSPS) is 20.8. The van der Waals surface area contributed by atoms with Crippen LogP contribution in [0.4, 0.5) is 0 Å². The summed E-state index contributed by atoms with van der Waals surface area (Å²) >= 11 is 0. The van der Waals surface area contributed by atoms with Crippen molar-refractivity contribution in [3.63, 3.8) is 0 Å². The third-order valence-electron chi connectivity index (χ3n) is 3.96. The fraction of sp³-hybridized carbons (Fsp3) is 0.737. The average molecular weight is 308 g/mol. The van der Waals surface area contributed by atoms with E-state index in [1.165, 1.54) is 45.6 Å². The number of carbonyl (C=O) groups excluding carboxylic acids is 1. The summed E-state index contributed by atoms with van der Waals surface area (Å²) in [5, 5.41) is 0. The molecule has 0 amide bonds. The molecule has 0 N–H and O–H groups in total. The SMILES string of the molecule is CCCCCC=CCC=CCCCCCC1OC1C(=O)OC. The predicted molar refractivity (Wildman–Crippen MR) is 90.8 cm³/mol. The van der Waals surface area contributed by atoms with Crippen molar-refractivity contribution in [1.29, 1.82) is 0 Å². The molecule has 3 nitrogen and oxygen atoms in total. The minimum absolute atomic E-state index is 0.112. The average Bonchev–Trinajstić information content (AvgIpc) is 3.30. The molecule has 0 aromatic carbocycles. The van der Waals surface area contributed by atoms with Crippen molar-refractivity contribution in [1.82, 2.24) is 0 Å². The highest BCUT2D eigenvalue weighted by atomic mass is 16.6. The number of hydrogen-bond donors (Lipinski definition) is 0. The molecule has 1 aliphatic rings. The lowest BCUT2D eigenvalue weighted by Gasteiger charge is -1.97. The van der Waals surface area contributed by atoms with Crippen LogP contribution in [0.2, 0.25) is 0 Å². The maximum absolute atomic E-state index is 11.2. The third-order valence-corrected chi connectivity index (χ3v) is 3.96. The molecule has 0 radical (unpaired) electrons. The first-order valence-corrected chi connectivity index (χ1v) is 8.82. The third kappa shape index (κ3) is 9.04. The van der Waals surface area contributed by atoms with E-state index in [-0.39, 0.29) is 18.2 Å². The van der Waals surface area contributed by atoms with E-state index in [0.717, 1.165) is 25.7 Å². The fourth-order valence-electron chi connectivity index (χ4n) is 2.49. The lowest BCUT2D eigenvalue weighted by molar-refractivity contribution is -0.142. The van der Waals surface area contributed by atoms with Crippen LogP contribution in [0.5, 0.6) is 0 Å². The van der Waals surface area contributed by atoms with Crippen LogP contribution in [0.15, 0.2) is 24.3 Å². The molecule has 0 aromatic heterocycles. The van der Waals surface area contributed by atoms with Gasteiger partial charge >= 0.3 is 5.97 Å². The Kier molecular flexibility index (Phi) is 10.7. The fourth-order valence-corrected chi connectivity index (χ4v) is 2.49. The van der Waals surface area contributed by atoms with Crippen LogP contribution in [-0.4, -0.2) is 25.3 Å². The highest BCUT2D eigenvalue weighted by molar-refractivity contribution is 5.77. The molecule has 126 valence electrons. The number of allylic oxidation sites excluding steroid dienone is 4. The van der Waals surface area contributed by atoms with Crippen LogP contribution in [0.25, 0.3) is 0 Å². The lowest BCUT2D eigenvalue weighted by Crippen LogP contribution is -2.11. The molecule has 0 aromatic rings. The van der Waals surface area contributed by atoms with E-state index in [9.17, 15) is 4.79 Å². The van der Waals surface area contributed by atoms with E-state index in [4.69, 9.17) is 4.74 Å². The van der Waals surface area contributed by atoms with E-state index in [2.05, 4.69) is 36.0 Å². The Morgan fingerprint density at radius 2 is 1.68 bits per heavy atom. The molecule has 1 heterocycles. The van der Waals surface area contributed by atoms with Crippen LogP contribution < -0.4 is 0 Å². The molecule has 2 unspecified atom stereocenters. The molecule has 0 spiro atoms. The molecule has 0 saturated carbocycles. The minimum atomic E-state index is -0.283. The molecule has 0 bridgehead atoms. The monoisotopic (exact) mass is 308 g/mol. The van der Waals surface area contributed by atoms with Gasteiger partial charge in [-0.3, -0.25) is 0 Å². The number of unbranched alkanes of at least 4 members (excludes halogenated alkanes) is 6. The number of ether oxygens (including phenoxy) is 2. The minimum Gasteiger partial charge on any atom is -0.467 e. The summed E-state index contributed by atoms with van der Waals surface area (Å²) in [5.41, 5.74) is 0. The van der Waals surface area contributed by atoms with Crippen molar-refractivity contribution < 1.29 is 14.3 Å². The Hall–Kier alpha value is -1.09. The lowest BCUT2D eigenvalue weighted by atomic mass is 10.1. The van der Waals surface area contributed by atoms with Gasteiger partial charge in [-0.1, -0.05) is 56.9 Å². The number of rotatable bonds is 13. The standard InChI is InChI=1S/C19H32O3/c1-3-4-5-6-7-8-9-10-11-12-13-14-15-16-17-18(22-17)19(20)21-2/h7-8,10-11,17-18H,3-6,9,12-16H2,1-2H3. The maximum Gasteiger partial charge on any atom is 0.337 e. The molecule has 1 rings (SSSR count). The van der Waals surface area contributed by atoms with Gasteiger partial charge in [-0.05, 0) is 38.5 Å². The zero-order chi connectivity index (χ0) is 16.0. The smallest absolute Gasteiger partial charge is 0.337 e. The Bertz CT molecular complexity index is 347. The van der Waals surface area contributed by atoms with Gasteiger partial charge in [0.2, 0.25) is 0 Å². The summed E-state index contributed by atoms with van der Waals surface area (Å²) in [6.07, 6.45) is 20.8. The number of methoxy groups -OCH3 is 1. The van der Waals surface area contributed by atoms with Gasteiger partial charge in [0, 0.05) is 0 Å². The number of carbonyl (C=O) groups is 1. The van der Waals surface area contributed by atoms with Crippen molar-refractivity contribution in [2.45, 2.75) is 83.3 Å². The molecule has 3 heteroatoms. The molecule has 2 atom stereocenters. The van der Waals surface area contributed by atoms with Crippen molar-refractivity contribution in [3.05, 3.63) is 24.3 Å². The number of epoxide rings is 1. The highest BCUT2D eigenvalue weighted by Gasteiger charge is 2.45. The molecule has 0 aliphatic carbocycles. The maximum atomic E-state index is 11.2. The first kappa shape index (κ1) is 19.0. The van der Waals surface area contributed by atoms with E-state index in [0.29, 0.717) is 0 Å². The Labute approximate surface area is 135 Å². The highest BCUT2D eigenvalue weighted by Crippen LogP contribution is 2.28. The molecular weight excluding hydrogens is 276 g/mol. The summed E-state index contributed by atoms with van der Waals surface area (Å²) < 4.78 is 9.93. The molecular formula is C19H32O3. The summed E-state index contributed by atoms with van der Waals surface area (Å²) in [6.45, 7) is 2.24. The Morgan fingerprint density at radius 1 is 1.00 bits per heavy atom. The topological polar surface area (TPSA) is 38.8 Å². The summed E-state index contributed by atoms with van der Waals surface area (Å²) in [4.78, 5) is 11.2. The van der Waals surface area contributed by atoms with Gasteiger partial charge in [-0.25, -0.2) is 4.79 Å². The van der Waals surface area contributed by atoms with Crippen LogP contribution in [0, 0.1) is 0 Å². The van der Waals surface area contributed by atoms with E-state index in [1.807, 2.05) is 0 Å². The van der Waals surface area contributed by atoms with E-state index < -0.39 is 0 Å². The molecule has 1 fully saturated rings. The Morgan fingerprint density at radius 3 is 2.32 bits per heavy atom. The van der Waals surface area contributed by atoms with Crippen LogP contribution in [-0.2, 0) is 14.3 Å². The first-order chi connectivity index (χ1) is 10.8. The summed E-state index contributed by atoms with van der Waals surface area (Å²) in [5.74, 6) is -0.226. The zero-order valence-corrected chi connectivity index (χ0v) is 14.3. The second-order valence-corrected chi connectivity index (χ2v) is 5.93. The van der Waals surface area contributed by atoms with Crippen molar-refractivity contribution >= 4 is 5.97 Å². The summed E-state index contributed by atoms with van der Waals surface area (Å²) in [7, 11) is 1.41. The Balaban J connectivity index is 1.84. The van der Waals surface area contributed by atoms with Gasteiger partial charge in [0.15, 0.2) is 6.10 Å². The van der Waals surface area contributed by atoms with Gasteiger partial charge in [0.1, 0.15) is 0 Å². The first-order valence-electron chi connectivity index (χ1n) is 8.82. The van der Waals surface area contributed by atoms with Crippen molar-refractivity contribution in [3.8, 4) is 0 Å². The van der Waals surface area contributed by atoms with E-state index >= 15 is 0 Å². The van der Waals surface area contributed by atoms with Crippen LogP contribution >= 0.6 is 0 Å². The summed E-state index contributed by atoms with van der Waals surface area (Å²) in [6, 6.07) is 0. The molecule has 1 aliphatic heterocycles. The van der Waals surface area contributed by atoms with Crippen LogP contribution in [0.1, 0.15) is 71.1 Å². The van der Waals surface area contributed by atoms with Crippen molar-refractivity contribution in [2.75, 3.05) is 7.11 Å². The largest absolute Gasteiger partial charge is 0.467 e. The molecule has 1 saturated heterocycles. The second kappa shape index (κ2) is 12.5. The zero-order valence-electron chi connectivity index (χ0n) is 14.3. The van der Waals surface area contributed by atoms with Crippen LogP contribution in [0.3, 0.4) is 0 Å². The second-order valence-electron chi connectivity index (χ2n) is 5.93. The van der Waals surface area contributed by atoms with Gasteiger partial charge in [0.25, 0.3) is 0 Å². The van der Waals surface area contributed by atoms with E-state index in [1.54, 1.807) is 0 Å². The van der Waals surface area contributed by atoms with Gasteiger partial charge in [-0.15, -0.1) is 0 Å². The number of esters is 1. The quantitative estimate of drug-likeness (QED) is 0.209. The number of hydrogen-bond acceptors (Lipinski definition) is 3. The van der Waals surface area contributed by atoms with Gasteiger partial charge in [-0.2, -0.15) is 0 Å². The predicted octanol–water partition coefficient (Wildman–Crippen LogP) is 4.96. The van der Waals surface area contributed by atoms with Gasteiger partial charge < -0.3 is 9.47 Å². The van der Waals surface area contributed by atoms with Crippen molar-refractivity contribution in [2.24, 2.45) is 0 Å². The molecule has 22 heavy (non-hydrogen) atoms. The van der Waals surface area contributed by atoms with Gasteiger partial charge in [0.05, 0.1) is 13.2 Å².